The van der Waals surface area contributed by atoms with Crippen LogP contribution in [0.2, 0.25) is 0 Å². The Bertz CT molecular complexity index is 691. The molecule has 2 bridgehead atoms. The van der Waals surface area contributed by atoms with Crippen LogP contribution in [0.4, 0.5) is 0 Å². The van der Waals surface area contributed by atoms with E-state index in [0.29, 0.717) is 22.2 Å². The van der Waals surface area contributed by atoms with Gasteiger partial charge in [-0.2, -0.15) is 5.26 Å². The Kier molecular flexibility index (Phi) is 3.25. The Morgan fingerprint density at radius 3 is 2.58 bits per heavy atom. The maximum absolute atomic E-state index is 9.19. The molecule has 4 saturated carbocycles. The van der Waals surface area contributed by atoms with Gasteiger partial charge in [-0.3, -0.25) is 4.98 Å². The van der Waals surface area contributed by atoms with E-state index in [1.807, 2.05) is 6.20 Å². The molecule has 0 amide bonds. The van der Waals surface area contributed by atoms with E-state index < -0.39 is 0 Å². The lowest BCUT2D eigenvalue weighted by atomic mass is 9.26. The van der Waals surface area contributed by atoms with Crippen LogP contribution in [0.15, 0.2) is 18.3 Å². The third-order valence-electron chi connectivity index (χ3n) is 8.75. The van der Waals surface area contributed by atoms with Gasteiger partial charge in [-0.15, -0.1) is 0 Å². The highest BCUT2D eigenvalue weighted by Crippen LogP contribution is 2.84. The fourth-order valence-corrected chi connectivity index (χ4v) is 6.64. The summed E-state index contributed by atoms with van der Waals surface area (Å²) in [5, 5.41) is 9.19. The van der Waals surface area contributed by atoms with Crippen molar-refractivity contribution in [1.82, 2.24) is 4.98 Å². The monoisotopic (exact) mass is 322 g/mol. The molecule has 2 atom stereocenters. The van der Waals surface area contributed by atoms with E-state index >= 15 is 0 Å². The number of aryl methyl sites for hydroxylation is 1. The average molecular weight is 322 g/mol. The minimum absolute atomic E-state index is 0.272. The molecule has 24 heavy (non-hydrogen) atoms. The maximum atomic E-state index is 9.19. The smallest absolute Gasteiger partial charge is 0.0624 e. The van der Waals surface area contributed by atoms with Crippen molar-refractivity contribution in [3.63, 3.8) is 0 Å². The van der Waals surface area contributed by atoms with Gasteiger partial charge in [-0.1, -0.05) is 27.7 Å². The van der Waals surface area contributed by atoms with Crippen molar-refractivity contribution in [3.8, 4) is 6.07 Å². The molecule has 0 aromatic carbocycles. The highest BCUT2D eigenvalue weighted by Gasteiger charge is 2.77. The second kappa shape index (κ2) is 4.84. The first kappa shape index (κ1) is 16.1. The van der Waals surface area contributed by atoms with Gasteiger partial charge in [-0.05, 0) is 78.4 Å². The van der Waals surface area contributed by atoms with E-state index in [1.54, 1.807) is 0 Å². The first-order chi connectivity index (χ1) is 11.3. The molecule has 1 heterocycles. The summed E-state index contributed by atoms with van der Waals surface area (Å²) in [6.07, 6.45) is 10.3. The fourth-order valence-electron chi connectivity index (χ4n) is 6.64. The van der Waals surface area contributed by atoms with Crippen molar-refractivity contribution < 1.29 is 0 Å². The maximum Gasteiger partial charge on any atom is 0.0624 e. The quantitative estimate of drug-likeness (QED) is 0.742. The number of hydrogen-bond donors (Lipinski definition) is 0. The Morgan fingerprint density at radius 1 is 1.25 bits per heavy atom. The van der Waals surface area contributed by atoms with Gasteiger partial charge in [0.15, 0.2) is 0 Å². The topological polar surface area (TPSA) is 36.7 Å². The molecule has 5 rings (SSSR count). The number of aromatic nitrogens is 1. The molecule has 4 fully saturated rings. The van der Waals surface area contributed by atoms with Crippen LogP contribution in [0.25, 0.3) is 0 Å². The standard InChI is InChI=1S/C22H30N2/c1-5-16-8-11-24-18(12-16)21-13-22(14-21,15-21)20(4)9-6-17(7-10-23)19(20,2)3/h8,11-12,17H,5-7,9,13-15H2,1-4H3. The molecule has 4 aliphatic carbocycles. The lowest BCUT2D eigenvalue weighted by Gasteiger charge is -2.78. The Labute approximate surface area is 146 Å². The minimum atomic E-state index is 0.272. The molecule has 0 N–H and O–H groups in total. The largest absolute Gasteiger partial charge is 0.261 e. The van der Waals surface area contributed by atoms with Crippen molar-refractivity contribution in [2.45, 2.75) is 78.1 Å². The van der Waals surface area contributed by atoms with Gasteiger partial charge in [0.1, 0.15) is 0 Å². The molecular formula is C22H30N2. The number of nitrogens with zero attached hydrogens (tertiary/aromatic N) is 2. The van der Waals surface area contributed by atoms with Crippen LogP contribution in [-0.4, -0.2) is 4.98 Å². The fraction of sp³-hybridized carbons (Fsp3) is 0.727. The Balaban J connectivity index is 1.56. The lowest BCUT2D eigenvalue weighted by molar-refractivity contribution is -0.251. The van der Waals surface area contributed by atoms with Crippen LogP contribution in [0.1, 0.15) is 77.5 Å². The molecule has 2 nitrogen and oxygen atoms in total. The van der Waals surface area contributed by atoms with E-state index in [-0.39, 0.29) is 5.41 Å². The molecule has 0 saturated heterocycles. The molecule has 1 aromatic rings. The van der Waals surface area contributed by atoms with E-state index in [9.17, 15) is 5.26 Å². The molecule has 128 valence electrons. The highest BCUT2D eigenvalue weighted by atomic mass is 14.9. The van der Waals surface area contributed by atoms with Gasteiger partial charge < -0.3 is 0 Å². The summed E-state index contributed by atoms with van der Waals surface area (Å²) in [6.45, 7) is 9.62. The Morgan fingerprint density at radius 2 is 1.96 bits per heavy atom. The normalized spacial score (nSPS) is 42.0. The van der Waals surface area contributed by atoms with E-state index in [0.717, 1.165) is 12.8 Å². The summed E-state index contributed by atoms with van der Waals surface area (Å²) in [5.41, 5.74) is 4.29. The lowest BCUT2D eigenvalue weighted by Crippen LogP contribution is -2.72. The molecular weight excluding hydrogens is 292 g/mol. The molecule has 2 heteroatoms. The zero-order valence-corrected chi connectivity index (χ0v) is 15.7. The van der Waals surface area contributed by atoms with Crippen LogP contribution in [0.5, 0.6) is 0 Å². The number of pyridine rings is 1. The van der Waals surface area contributed by atoms with Gasteiger partial charge in [0, 0.05) is 23.7 Å². The summed E-state index contributed by atoms with van der Waals surface area (Å²) < 4.78 is 0. The van der Waals surface area contributed by atoms with Crippen LogP contribution >= 0.6 is 0 Å². The predicted octanol–water partition coefficient (Wildman–Crippen LogP) is 5.42. The van der Waals surface area contributed by atoms with Gasteiger partial charge in [0.25, 0.3) is 0 Å². The summed E-state index contributed by atoms with van der Waals surface area (Å²) in [5.74, 6) is 0.569. The van der Waals surface area contributed by atoms with E-state index in [4.69, 9.17) is 4.98 Å². The van der Waals surface area contributed by atoms with Crippen molar-refractivity contribution in [2.75, 3.05) is 0 Å². The zero-order valence-electron chi connectivity index (χ0n) is 15.7. The number of nitriles is 1. The summed E-state index contributed by atoms with van der Waals surface area (Å²) >= 11 is 0. The molecule has 0 aliphatic heterocycles. The third-order valence-corrected chi connectivity index (χ3v) is 8.75. The van der Waals surface area contributed by atoms with Crippen LogP contribution < -0.4 is 0 Å². The number of rotatable bonds is 4. The van der Waals surface area contributed by atoms with E-state index in [2.05, 4.69) is 45.9 Å². The van der Waals surface area contributed by atoms with Crippen molar-refractivity contribution in [1.29, 1.82) is 5.26 Å². The predicted molar refractivity (Wildman–Crippen MR) is 96.4 cm³/mol. The highest BCUT2D eigenvalue weighted by molar-refractivity contribution is 5.39. The van der Waals surface area contributed by atoms with Gasteiger partial charge in [-0.25, -0.2) is 0 Å². The van der Waals surface area contributed by atoms with Crippen LogP contribution in [0.3, 0.4) is 0 Å². The van der Waals surface area contributed by atoms with Gasteiger partial charge in [0.05, 0.1) is 6.07 Å². The number of hydrogen-bond acceptors (Lipinski definition) is 2. The average Bonchev–Trinajstić information content (AvgIpc) is 2.69. The summed E-state index contributed by atoms with van der Waals surface area (Å²) in [6, 6.07) is 6.94. The van der Waals surface area contributed by atoms with Crippen LogP contribution in [0, 0.1) is 33.5 Å². The van der Waals surface area contributed by atoms with Gasteiger partial charge >= 0.3 is 0 Å². The SMILES string of the molecule is CCc1ccnc(C23CC(C4(C)CCC(CC#N)C4(C)C)(C2)C3)c1. The first-order valence-corrected chi connectivity index (χ1v) is 9.65. The van der Waals surface area contributed by atoms with Crippen molar-refractivity contribution in [2.24, 2.45) is 22.2 Å². The summed E-state index contributed by atoms with van der Waals surface area (Å²) in [4.78, 5) is 4.74. The minimum Gasteiger partial charge on any atom is -0.261 e. The molecule has 0 radical (unpaired) electrons. The van der Waals surface area contributed by atoms with Crippen molar-refractivity contribution >= 4 is 0 Å². The van der Waals surface area contributed by atoms with Gasteiger partial charge in [0.2, 0.25) is 0 Å². The third kappa shape index (κ3) is 1.74. The van der Waals surface area contributed by atoms with Crippen molar-refractivity contribution in [3.05, 3.63) is 29.6 Å². The zero-order chi connectivity index (χ0) is 17.2. The summed E-state index contributed by atoms with van der Waals surface area (Å²) in [7, 11) is 0. The second-order valence-electron chi connectivity index (χ2n) is 9.65. The Hall–Kier alpha value is -1.36. The van der Waals surface area contributed by atoms with E-state index in [1.165, 1.54) is 43.4 Å². The van der Waals surface area contributed by atoms with Crippen LogP contribution in [-0.2, 0) is 11.8 Å². The molecule has 2 unspecified atom stereocenters. The molecule has 1 aromatic heterocycles. The second-order valence-corrected chi connectivity index (χ2v) is 9.65. The first-order valence-electron chi connectivity index (χ1n) is 9.65. The molecule has 4 aliphatic rings. The molecule has 0 spiro atoms.